The van der Waals surface area contributed by atoms with Gasteiger partial charge >= 0.3 is 0 Å². The maximum absolute atomic E-state index is 9.52. The molecule has 0 heterocycles. The van der Waals surface area contributed by atoms with Crippen LogP contribution in [0.2, 0.25) is 0 Å². The summed E-state index contributed by atoms with van der Waals surface area (Å²) in [4.78, 5) is 2.39. The van der Waals surface area contributed by atoms with E-state index >= 15 is 0 Å². The summed E-state index contributed by atoms with van der Waals surface area (Å²) in [6, 6.07) is 0.373. The van der Waals surface area contributed by atoms with Gasteiger partial charge in [-0.05, 0) is 38.6 Å². The molecule has 1 fully saturated rings. The molecule has 1 saturated carbocycles. The molecular weight excluding hydrogens is 256 g/mol. The summed E-state index contributed by atoms with van der Waals surface area (Å²) in [6.45, 7) is 5.62. The van der Waals surface area contributed by atoms with Gasteiger partial charge in [0.2, 0.25) is 0 Å². The molecule has 20 heavy (non-hydrogen) atoms. The lowest BCUT2D eigenvalue weighted by Crippen LogP contribution is -2.48. The van der Waals surface area contributed by atoms with E-state index in [1.165, 1.54) is 0 Å². The minimum atomic E-state index is -0.364. The van der Waals surface area contributed by atoms with Gasteiger partial charge < -0.3 is 20.3 Å². The zero-order chi connectivity index (χ0) is 15.0. The third kappa shape index (κ3) is 4.97. The number of rotatable bonds is 10. The molecule has 3 N–H and O–H groups in total. The van der Waals surface area contributed by atoms with E-state index in [1.54, 1.807) is 14.2 Å². The molecule has 0 aromatic heterocycles. The second kappa shape index (κ2) is 8.95. The monoisotopic (exact) mass is 288 g/mol. The quantitative estimate of drug-likeness (QED) is 0.624. The summed E-state index contributed by atoms with van der Waals surface area (Å²) in [6.07, 6.45) is 4.25. The highest BCUT2D eigenvalue weighted by Gasteiger charge is 2.38. The normalized spacial score (nSPS) is 28.2. The van der Waals surface area contributed by atoms with Gasteiger partial charge in [0.25, 0.3) is 0 Å². The predicted molar refractivity (Wildman–Crippen MR) is 80.7 cm³/mol. The van der Waals surface area contributed by atoms with Gasteiger partial charge in [-0.2, -0.15) is 0 Å². The molecule has 120 valence electrons. The SMILES string of the molecule is COCCN(CCC1CCCC1(N)CO)C(C)COC. The van der Waals surface area contributed by atoms with E-state index < -0.39 is 0 Å². The van der Waals surface area contributed by atoms with Crippen molar-refractivity contribution in [3.05, 3.63) is 0 Å². The van der Waals surface area contributed by atoms with E-state index in [1.807, 2.05) is 0 Å². The second-order valence-electron chi connectivity index (χ2n) is 6.10. The van der Waals surface area contributed by atoms with Crippen molar-refractivity contribution in [1.29, 1.82) is 0 Å². The maximum Gasteiger partial charge on any atom is 0.0615 e. The van der Waals surface area contributed by atoms with E-state index in [0.29, 0.717) is 12.0 Å². The van der Waals surface area contributed by atoms with Crippen LogP contribution in [0, 0.1) is 5.92 Å². The van der Waals surface area contributed by atoms with Gasteiger partial charge in [-0.1, -0.05) is 6.42 Å². The zero-order valence-corrected chi connectivity index (χ0v) is 13.3. The number of aliphatic hydroxyl groups is 1. The highest BCUT2D eigenvalue weighted by Crippen LogP contribution is 2.35. The van der Waals surface area contributed by atoms with Gasteiger partial charge in [0.05, 0.1) is 19.8 Å². The van der Waals surface area contributed by atoms with Crippen molar-refractivity contribution in [3.63, 3.8) is 0 Å². The van der Waals surface area contributed by atoms with Crippen molar-refractivity contribution in [3.8, 4) is 0 Å². The summed E-state index contributed by atoms with van der Waals surface area (Å²) in [7, 11) is 3.46. The number of nitrogens with zero attached hydrogens (tertiary/aromatic N) is 1. The molecule has 1 aliphatic rings. The predicted octanol–water partition coefficient (Wildman–Crippen LogP) is 0.850. The summed E-state index contributed by atoms with van der Waals surface area (Å²) in [5.41, 5.74) is 5.94. The molecule has 1 rings (SSSR count). The molecule has 0 radical (unpaired) electrons. The molecule has 5 nitrogen and oxygen atoms in total. The topological polar surface area (TPSA) is 68.0 Å². The van der Waals surface area contributed by atoms with Gasteiger partial charge in [0.1, 0.15) is 0 Å². The Labute approximate surface area is 123 Å². The average molecular weight is 288 g/mol. The lowest BCUT2D eigenvalue weighted by Gasteiger charge is -2.33. The zero-order valence-electron chi connectivity index (χ0n) is 13.3. The van der Waals surface area contributed by atoms with Crippen LogP contribution < -0.4 is 5.73 Å². The Hall–Kier alpha value is -0.200. The molecule has 1 aliphatic carbocycles. The minimum Gasteiger partial charge on any atom is -0.394 e. The highest BCUT2D eigenvalue weighted by molar-refractivity contribution is 4.96. The van der Waals surface area contributed by atoms with Gasteiger partial charge in [-0.15, -0.1) is 0 Å². The largest absolute Gasteiger partial charge is 0.394 e. The number of methoxy groups -OCH3 is 2. The second-order valence-corrected chi connectivity index (χ2v) is 6.10. The Kier molecular flexibility index (Phi) is 7.99. The molecule has 3 unspecified atom stereocenters. The first-order chi connectivity index (χ1) is 9.57. The first-order valence-corrected chi connectivity index (χ1v) is 7.69. The Balaban J connectivity index is 2.48. The first-order valence-electron chi connectivity index (χ1n) is 7.69. The van der Waals surface area contributed by atoms with E-state index in [4.69, 9.17) is 15.2 Å². The van der Waals surface area contributed by atoms with Crippen LogP contribution in [-0.2, 0) is 9.47 Å². The number of ether oxygens (including phenoxy) is 2. The van der Waals surface area contributed by atoms with Crippen LogP contribution in [-0.4, -0.2) is 68.7 Å². The van der Waals surface area contributed by atoms with E-state index in [0.717, 1.165) is 52.0 Å². The summed E-state index contributed by atoms with van der Waals surface area (Å²) < 4.78 is 10.4. The van der Waals surface area contributed by atoms with Gasteiger partial charge in [-0.3, -0.25) is 4.90 Å². The van der Waals surface area contributed by atoms with Crippen LogP contribution in [0.15, 0.2) is 0 Å². The molecule has 5 heteroatoms. The number of aliphatic hydroxyl groups excluding tert-OH is 1. The fourth-order valence-corrected chi connectivity index (χ4v) is 3.24. The van der Waals surface area contributed by atoms with Crippen molar-refractivity contribution in [2.75, 3.05) is 47.1 Å². The third-order valence-electron chi connectivity index (χ3n) is 4.68. The molecule has 0 aromatic carbocycles. The first kappa shape index (κ1) is 17.9. The number of hydrogen-bond acceptors (Lipinski definition) is 5. The molecule has 0 amide bonds. The summed E-state index contributed by atoms with van der Waals surface area (Å²) in [5.74, 6) is 0.423. The standard InChI is InChI=1S/C15H32N2O3/c1-13(11-20-3)17(9-10-19-2)8-6-14-5-4-7-15(14,16)12-18/h13-14,18H,4-12,16H2,1-3H3. The van der Waals surface area contributed by atoms with E-state index in [9.17, 15) is 5.11 Å². The molecule has 0 aromatic rings. The molecule has 0 aliphatic heterocycles. The lowest BCUT2D eigenvalue weighted by molar-refractivity contribution is 0.0660. The van der Waals surface area contributed by atoms with Crippen molar-refractivity contribution in [2.24, 2.45) is 11.7 Å². The Morgan fingerprint density at radius 2 is 2.10 bits per heavy atom. The third-order valence-corrected chi connectivity index (χ3v) is 4.68. The summed E-state index contributed by atoms with van der Waals surface area (Å²) >= 11 is 0. The average Bonchev–Trinajstić information content (AvgIpc) is 2.81. The van der Waals surface area contributed by atoms with Crippen molar-refractivity contribution >= 4 is 0 Å². The van der Waals surface area contributed by atoms with Crippen LogP contribution in [0.3, 0.4) is 0 Å². The smallest absolute Gasteiger partial charge is 0.0615 e. The number of hydrogen-bond donors (Lipinski definition) is 2. The minimum absolute atomic E-state index is 0.101. The van der Waals surface area contributed by atoms with Crippen molar-refractivity contribution < 1.29 is 14.6 Å². The molecule has 0 bridgehead atoms. The Morgan fingerprint density at radius 1 is 1.35 bits per heavy atom. The van der Waals surface area contributed by atoms with Gasteiger partial charge in [-0.25, -0.2) is 0 Å². The van der Waals surface area contributed by atoms with Crippen molar-refractivity contribution in [1.82, 2.24) is 4.90 Å². The van der Waals surface area contributed by atoms with Crippen molar-refractivity contribution in [2.45, 2.75) is 44.2 Å². The Bertz CT molecular complexity index is 266. The molecule has 0 spiro atoms. The van der Waals surface area contributed by atoms with Crippen LogP contribution in [0.4, 0.5) is 0 Å². The maximum atomic E-state index is 9.52. The Morgan fingerprint density at radius 3 is 2.70 bits per heavy atom. The van der Waals surface area contributed by atoms with Crippen LogP contribution in [0.1, 0.15) is 32.6 Å². The summed E-state index contributed by atoms with van der Waals surface area (Å²) in [5, 5.41) is 9.52. The molecule has 3 atom stereocenters. The van der Waals surface area contributed by atoms with Gasteiger partial charge in [0.15, 0.2) is 0 Å². The van der Waals surface area contributed by atoms with Crippen LogP contribution in [0.5, 0.6) is 0 Å². The van der Waals surface area contributed by atoms with E-state index in [-0.39, 0.29) is 12.1 Å². The molecule has 0 saturated heterocycles. The number of nitrogens with two attached hydrogens (primary N) is 1. The van der Waals surface area contributed by atoms with Crippen LogP contribution >= 0.6 is 0 Å². The highest BCUT2D eigenvalue weighted by atomic mass is 16.5. The van der Waals surface area contributed by atoms with Crippen LogP contribution in [0.25, 0.3) is 0 Å². The fourth-order valence-electron chi connectivity index (χ4n) is 3.24. The lowest BCUT2D eigenvalue weighted by atomic mass is 9.86. The van der Waals surface area contributed by atoms with Gasteiger partial charge in [0, 0.05) is 32.3 Å². The fraction of sp³-hybridized carbons (Fsp3) is 1.00. The van der Waals surface area contributed by atoms with E-state index in [2.05, 4.69) is 11.8 Å². The molecular formula is C15H32N2O3.